The SMILES string of the molecule is CN1CCCC1C(=O)N1CCC(c2ccc(C(C)(C)C)cc2)CC1. The van der Waals surface area contributed by atoms with Gasteiger partial charge in [0.05, 0.1) is 6.04 Å². The van der Waals surface area contributed by atoms with Crippen LogP contribution in [0, 0.1) is 0 Å². The topological polar surface area (TPSA) is 23.6 Å². The molecule has 1 aromatic carbocycles. The van der Waals surface area contributed by atoms with Crippen LogP contribution in [0.4, 0.5) is 0 Å². The van der Waals surface area contributed by atoms with Crippen molar-refractivity contribution in [2.24, 2.45) is 0 Å². The molecule has 2 saturated heterocycles. The summed E-state index contributed by atoms with van der Waals surface area (Å²) in [7, 11) is 2.08. The average Bonchev–Trinajstić information content (AvgIpc) is 3.00. The van der Waals surface area contributed by atoms with E-state index in [0.29, 0.717) is 11.8 Å². The molecule has 1 unspecified atom stereocenters. The minimum atomic E-state index is 0.132. The van der Waals surface area contributed by atoms with E-state index in [0.717, 1.165) is 45.3 Å². The third-order valence-corrected chi connectivity index (χ3v) is 5.86. The second-order valence-corrected chi connectivity index (χ2v) is 8.61. The Labute approximate surface area is 147 Å². The van der Waals surface area contributed by atoms with Gasteiger partial charge in [-0.25, -0.2) is 0 Å². The number of carbonyl (C=O) groups is 1. The molecule has 0 bridgehead atoms. The molecule has 132 valence electrons. The van der Waals surface area contributed by atoms with Crippen LogP contribution < -0.4 is 0 Å². The summed E-state index contributed by atoms with van der Waals surface area (Å²) in [5.41, 5.74) is 3.04. The van der Waals surface area contributed by atoms with Gasteiger partial charge in [-0.2, -0.15) is 0 Å². The summed E-state index contributed by atoms with van der Waals surface area (Å²) in [5, 5.41) is 0. The first-order valence-electron chi connectivity index (χ1n) is 9.46. The van der Waals surface area contributed by atoms with E-state index in [1.54, 1.807) is 0 Å². The van der Waals surface area contributed by atoms with Crippen molar-refractivity contribution >= 4 is 5.91 Å². The van der Waals surface area contributed by atoms with Crippen LogP contribution in [0.2, 0.25) is 0 Å². The molecule has 24 heavy (non-hydrogen) atoms. The number of benzene rings is 1. The number of carbonyl (C=O) groups excluding carboxylic acids is 1. The van der Waals surface area contributed by atoms with Gasteiger partial charge in [-0.15, -0.1) is 0 Å². The van der Waals surface area contributed by atoms with Gasteiger partial charge in [0.1, 0.15) is 0 Å². The molecule has 1 atom stereocenters. The molecule has 0 saturated carbocycles. The molecule has 1 aromatic rings. The van der Waals surface area contributed by atoms with E-state index in [1.807, 2.05) is 0 Å². The smallest absolute Gasteiger partial charge is 0.239 e. The second-order valence-electron chi connectivity index (χ2n) is 8.61. The Balaban J connectivity index is 1.58. The Hall–Kier alpha value is -1.35. The molecule has 0 aromatic heterocycles. The number of piperidine rings is 1. The zero-order chi connectivity index (χ0) is 17.3. The monoisotopic (exact) mass is 328 g/mol. The molecule has 2 aliphatic rings. The van der Waals surface area contributed by atoms with E-state index in [1.165, 1.54) is 11.1 Å². The minimum absolute atomic E-state index is 0.132. The highest BCUT2D eigenvalue weighted by Gasteiger charge is 2.33. The van der Waals surface area contributed by atoms with Crippen molar-refractivity contribution < 1.29 is 4.79 Å². The Morgan fingerprint density at radius 1 is 1.00 bits per heavy atom. The number of hydrogen-bond donors (Lipinski definition) is 0. The third-order valence-electron chi connectivity index (χ3n) is 5.86. The lowest BCUT2D eigenvalue weighted by molar-refractivity contribution is -0.136. The highest BCUT2D eigenvalue weighted by molar-refractivity contribution is 5.82. The molecule has 2 aliphatic heterocycles. The number of nitrogens with zero attached hydrogens (tertiary/aromatic N) is 2. The van der Waals surface area contributed by atoms with E-state index in [-0.39, 0.29) is 11.5 Å². The summed E-state index contributed by atoms with van der Waals surface area (Å²) in [5.74, 6) is 0.959. The molecule has 3 nitrogen and oxygen atoms in total. The number of likely N-dealkylation sites (tertiary alicyclic amines) is 2. The van der Waals surface area contributed by atoms with Crippen molar-refractivity contribution in [1.29, 1.82) is 0 Å². The first kappa shape index (κ1) is 17.5. The average molecular weight is 329 g/mol. The van der Waals surface area contributed by atoms with Crippen LogP contribution in [-0.4, -0.2) is 48.4 Å². The fraction of sp³-hybridized carbons (Fsp3) is 0.667. The van der Waals surface area contributed by atoms with Crippen LogP contribution in [0.1, 0.15) is 63.5 Å². The Kier molecular flexibility index (Phi) is 5.00. The summed E-state index contributed by atoms with van der Waals surface area (Å²) in [6, 6.07) is 9.29. The molecule has 1 amide bonds. The summed E-state index contributed by atoms with van der Waals surface area (Å²) < 4.78 is 0. The van der Waals surface area contributed by atoms with E-state index < -0.39 is 0 Å². The molecule has 2 fully saturated rings. The Morgan fingerprint density at radius 3 is 2.12 bits per heavy atom. The highest BCUT2D eigenvalue weighted by atomic mass is 16.2. The number of amides is 1. The predicted octanol–water partition coefficient (Wildman–Crippen LogP) is 3.78. The van der Waals surface area contributed by atoms with Gasteiger partial charge in [-0.1, -0.05) is 45.0 Å². The zero-order valence-corrected chi connectivity index (χ0v) is 15.7. The van der Waals surface area contributed by atoms with Gasteiger partial charge < -0.3 is 4.90 Å². The summed E-state index contributed by atoms with van der Waals surface area (Å²) in [6.07, 6.45) is 4.38. The molecule has 0 radical (unpaired) electrons. The van der Waals surface area contributed by atoms with Gasteiger partial charge in [-0.3, -0.25) is 9.69 Å². The van der Waals surface area contributed by atoms with Crippen molar-refractivity contribution in [2.75, 3.05) is 26.7 Å². The summed E-state index contributed by atoms with van der Waals surface area (Å²) in [6.45, 7) is 9.65. The van der Waals surface area contributed by atoms with Crippen LogP contribution in [-0.2, 0) is 10.2 Å². The molecular weight excluding hydrogens is 296 g/mol. The second kappa shape index (κ2) is 6.87. The minimum Gasteiger partial charge on any atom is -0.341 e. The highest BCUT2D eigenvalue weighted by Crippen LogP contribution is 2.31. The van der Waals surface area contributed by atoms with Crippen molar-refractivity contribution in [1.82, 2.24) is 9.80 Å². The van der Waals surface area contributed by atoms with Gasteiger partial charge >= 0.3 is 0 Å². The van der Waals surface area contributed by atoms with E-state index in [2.05, 4.69) is 61.9 Å². The lowest BCUT2D eigenvalue weighted by Gasteiger charge is -2.35. The fourth-order valence-corrected chi connectivity index (χ4v) is 4.12. The normalized spacial score (nSPS) is 23.7. The van der Waals surface area contributed by atoms with Gasteiger partial charge in [0.2, 0.25) is 5.91 Å². The first-order valence-corrected chi connectivity index (χ1v) is 9.46. The van der Waals surface area contributed by atoms with E-state index in [4.69, 9.17) is 0 Å². The Morgan fingerprint density at radius 2 is 1.62 bits per heavy atom. The van der Waals surface area contributed by atoms with Crippen molar-refractivity contribution in [3.05, 3.63) is 35.4 Å². The van der Waals surface area contributed by atoms with E-state index in [9.17, 15) is 4.79 Å². The Bertz CT molecular complexity index is 564. The van der Waals surface area contributed by atoms with Gasteiger partial charge in [0.25, 0.3) is 0 Å². The number of rotatable bonds is 2. The molecular formula is C21H32N2O. The van der Waals surface area contributed by atoms with Crippen LogP contribution in [0.5, 0.6) is 0 Å². The maximum absolute atomic E-state index is 12.7. The van der Waals surface area contributed by atoms with Crippen LogP contribution >= 0.6 is 0 Å². The fourth-order valence-electron chi connectivity index (χ4n) is 4.12. The van der Waals surface area contributed by atoms with Crippen molar-refractivity contribution in [2.45, 2.75) is 63.8 Å². The zero-order valence-electron chi connectivity index (χ0n) is 15.7. The first-order chi connectivity index (χ1) is 11.4. The quantitative estimate of drug-likeness (QED) is 0.825. The van der Waals surface area contributed by atoms with E-state index >= 15 is 0 Å². The lowest BCUT2D eigenvalue weighted by Crippen LogP contribution is -2.47. The molecule has 0 aliphatic carbocycles. The maximum atomic E-state index is 12.7. The van der Waals surface area contributed by atoms with Gasteiger partial charge in [-0.05, 0) is 61.7 Å². The molecule has 3 rings (SSSR count). The molecule has 0 spiro atoms. The third kappa shape index (κ3) is 3.66. The van der Waals surface area contributed by atoms with Crippen LogP contribution in [0.25, 0.3) is 0 Å². The lowest BCUT2D eigenvalue weighted by atomic mass is 9.84. The van der Waals surface area contributed by atoms with Crippen LogP contribution in [0.15, 0.2) is 24.3 Å². The van der Waals surface area contributed by atoms with Gasteiger partial charge in [0, 0.05) is 13.1 Å². The summed E-state index contributed by atoms with van der Waals surface area (Å²) in [4.78, 5) is 17.0. The maximum Gasteiger partial charge on any atom is 0.239 e. The van der Waals surface area contributed by atoms with Crippen molar-refractivity contribution in [3.8, 4) is 0 Å². The summed E-state index contributed by atoms with van der Waals surface area (Å²) >= 11 is 0. The largest absolute Gasteiger partial charge is 0.341 e. The van der Waals surface area contributed by atoms with Crippen molar-refractivity contribution in [3.63, 3.8) is 0 Å². The van der Waals surface area contributed by atoms with Gasteiger partial charge in [0.15, 0.2) is 0 Å². The molecule has 2 heterocycles. The predicted molar refractivity (Wildman–Crippen MR) is 99.3 cm³/mol. The van der Waals surface area contributed by atoms with Crippen LogP contribution in [0.3, 0.4) is 0 Å². The number of likely N-dealkylation sites (N-methyl/N-ethyl adjacent to an activating group) is 1. The molecule has 3 heteroatoms. The molecule has 0 N–H and O–H groups in total. The standard InChI is InChI=1S/C21H32N2O/c1-21(2,3)18-9-7-16(8-10-18)17-11-14-23(15-12-17)20(24)19-6-5-13-22(19)4/h7-10,17,19H,5-6,11-15H2,1-4H3. The number of hydrogen-bond acceptors (Lipinski definition) is 2.